The minimum absolute atomic E-state index is 0.359. The van der Waals surface area contributed by atoms with Crippen LogP contribution in [0.15, 0.2) is 45.1 Å². The highest BCUT2D eigenvalue weighted by molar-refractivity contribution is 9.10. The van der Waals surface area contributed by atoms with Gasteiger partial charge in [0.2, 0.25) is 0 Å². The SMILES string of the molecule is Cc1ccc(S(=O)(=O)N2CCN(C(C#N)c3ccc(Br)cc3)CC2)s1. The number of hydrogen-bond donors (Lipinski definition) is 0. The number of hydrogen-bond acceptors (Lipinski definition) is 5. The Labute approximate surface area is 160 Å². The molecule has 1 fully saturated rings. The maximum Gasteiger partial charge on any atom is 0.252 e. The lowest BCUT2D eigenvalue weighted by molar-refractivity contribution is 0.163. The monoisotopic (exact) mass is 439 g/mol. The van der Waals surface area contributed by atoms with Crippen LogP contribution in [-0.4, -0.2) is 43.8 Å². The molecular formula is C17H18BrN3O2S2. The van der Waals surface area contributed by atoms with Crippen molar-refractivity contribution in [2.24, 2.45) is 0 Å². The van der Waals surface area contributed by atoms with Gasteiger partial charge in [0.15, 0.2) is 0 Å². The quantitative estimate of drug-likeness (QED) is 0.731. The summed E-state index contributed by atoms with van der Waals surface area (Å²) in [6.45, 7) is 3.77. The Morgan fingerprint density at radius 2 is 1.76 bits per heavy atom. The lowest BCUT2D eigenvalue weighted by Gasteiger charge is -2.36. The molecule has 1 aliphatic rings. The summed E-state index contributed by atoms with van der Waals surface area (Å²) in [5.41, 5.74) is 0.927. The summed E-state index contributed by atoms with van der Waals surface area (Å²) < 4.78 is 28.3. The predicted octanol–water partition coefficient (Wildman–Crippen LogP) is 3.39. The average Bonchev–Trinajstić information content (AvgIpc) is 3.05. The zero-order chi connectivity index (χ0) is 18.0. The molecule has 0 saturated carbocycles. The van der Waals surface area contributed by atoms with E-state index < -0.39 is 10.0 Å². The van der Waals surface area contributed by atoms with Gasteiger partial charge < -0.3 is 0 Å². The predicted molar refractivity (Wildman–Crippen MR) is 102 cm³/mol. The highest BCUT2D eigenvalue weighted by Gasteiger charge is 2.32. The van der Waals surface area contributed by atoms with Crippen LogP contribution in [0.2, 0.25) is 0 Å². The largest absolute Gasteiger partial charge is 0.282 e. The number of thiophene rings is 1. The number of rotatable bonds is 4. The second kappa shape index (κ2) is 7.56. The number of piperazine rings is 1. The zero-order valence-electron chi connectivity index (χ0n) is 13.7. The molecule has 132 valence electrons. The molecule has 0 spiro atoms. The van der Waals surface area contributed by atoms with Crippen LogP contribution < -0.4 is 0 Å². The Balaban J connectivity index is 1.71. The number of nitriles is 1. The van der Waals surface area contributed by atoms with Crippen molar-refractivity contribution in [1.82, 2.24) is 9.21 Å². The van der Waals surface area contributed by atoms with Crippen LogP contribution in [0.1, 0.15) is 16.5 Å². The van der Waals surface area contributed by atoms with Gasteiger partial charge in [-0.05, 0) is 36.8 Å². The van der Waals surface area contributed by atoms with Crippen molar-refractivity contribution in [3.05, 3.63) is 51.3 Å². The molecule has 0 N–H and O–H groups in total. The number of sulfonamides is 1. The molecule has 2 heterocycles. The Morgan fingerprint density at radius 3 is 2.28 bits per heavy atom. The lowest BCUT2D eigenvalue weighted by Crippen LogP contribution is -2.49. The first-order valence-electron chi connectivity index (χ1n) is 7.87. The summed E-state index contributed by atoms with van der Waals surface area (Å²) in [5.74, 6) is 0. The molecule has 1 aromatic carbocycles. The van der Waals surface area contributed by atoms with Crippen molar-refractivity contribution in [3.8, 4) is 6.07 Å². The van der Waals surface area contributed by atoms with E-state index in [0.717, 1.165) is 14.9 Å². The van der Waals surface area contributed by atoms with Crippen molar-refractivity contribution in [1.29, 1.82) is 5.26 Å². The van der Waals surface area contributed by atoms with E-state index in [9.17, 15) is 13.7 Å². The minimum atomic E-state index is -3.43. The molecule has 2 aromatic rings. The highest BCUT2D eigenvalue weighted by Crippen LogP contribution is 2.27. The molecule has 5 nitrogen and oxygen atoms in total. The van der Waals surface area contributed by atoms with E-state index in [-0.39, 0.29) is 6.04 Å². The molecule has 1 aliphatic heterocycles. The fraction of sp³-hybridized carbons (Fsp3) is 0.353. The zero-order valence-corrected chi connectivity index (χ0v) is 16.9. The van der Waals surface area contributed by atoms with Gasteiger partial charge in [-0.2, -0.15) is 9.57 Å². The molecule has 0 bridgehead atoms. The molecule has 1 unspecified atom stereocenters. The maximum absolute atomic E-state index is 12.7. The number of halogens is 1. The van der Waals surface area contributed by atoms with Crippen LogP contribution in [0.4, 0.5) is 0 Å². The van der Waals surface area contributed by atoms with E-state index in [1.54, 1.807) is 6.07 Å². The molecule has 0 amide bonds. The van der Waals surface area contributed by atoms with Crippen molar-refractivity contribution < 1.29 is 8.42 Å². The minimum Gasteiger partial charge on any atom is -0.282 e. The Hall–Kier alpha value is -1.24. The Morgan fingerprint density at radius 1 is 1.12 bits per heavy atom. The molecule has 1 saturated heterocycles. The first-order valence-corrected chi connectivity index (χ1v) is 10.9. The molecule has 25 heavy (non-hydrogen) atoms. The van der Waals surface area contributed by atoms with Gasteiger partial charge in [-0.1, -0.05) is 28.1 Å². The molecular weight excluding hydrogens is 422 g/mol. The Kier molecular flexibility index (Phi) is 5.61. The summed E-state index contributed by atoms with van der Waals surface area (Å²) in [5, 5.41) is 9.57. The van der Waals surface area contributed by atoms with E-state index in [4.69, 9.17) is 0 Å². The van der Waals surface area contributed by atoms with Crippen molar-refractivity contribution in [2.45, 2.75) is 17.2 Å². The van der Waals surface area contributed by atoms with Crippen LogP contribution in [0.3, 0.4) is 0 Å². The third kappa shape index (κ3) is 3.96. The Bertz CT molecular complexity index is 879. The summed E-state index contributed by atoms with van der Waals surface area (Å²) in [6, 6.07) is 13.2. The van der Waals surface area contributed by atoms with Gasteiger partial charge in [0.1, 0.15) is 10.3 Å². The van der Waals surface area contributed by atoms with Crippen molar-refractivity contribution in [3.63, 3.8) is 0 Å². The van der Waals surface area contributed by atoms with E-state index in [2.05, 4.69) is 22.0 Å². The van der Waals surface area contributed by atoms with Crippen LogP contribution in [0.25, 0.3) is 0 Å². The molecule has 1 atom stereocenters. The number of nitrogens with zero attached hydrogens (tertiary/aromatic N) is 3. The van der Waals surface area contributed by atoms with Gasteiger partial charge >= 0.3 is 0 Å². The van der Waals surface area contributed by atoms with Gasteiger partial charge in [-0.15, -0.1) is 11.3 Å². The number of aryl methyl sites for hydroxylation is 1. The molecule has 0 aliphatic carbocycles. The molecule has 1 aromatic heterocycles. The van der Waals surface area contributed by atoms with Gasteiger partial charge in [-0.3, -0.25) is 4.90 Å². The normalized spacial score (nSPS) is 18.0. The highest BCUT2D eigenvalue weighted by atomic mass is 79.9. The molecule has 8 heteroatoms. The maximum atomic E-state index is 12.7. The second-order valence-electron chi connectivity index (χ2n) is 5.89. The topological polar surface area (TPSA) is 64.4 Å². The summed E-state index contributed by atoms with van der Waals surface area (Å²) in [4.78, 5) is 3.02. The number of benzene rings is 1. The molecule has 3 rings (SSSR count). The first-order chi connectivity index (χ1) is 11.9. The van der Waals surface area contributed by atoms with Crippen LogP contribution in [0, 0.1) is 18.3 Å². The van der Waals surface area contributed by atoms with E-state index >= 15 is 0 Å². The van der Waals surface area contributed by atoms with Crippen LogP contribution >= 0.6 is 27.3 Å². The van der Waals surface area contributed by atoms with Gasteiger partial charge in [0.25, 0.3) is 10.0 Å². The average molecular weight is 440 g/mol. The standard InChI is InChI=1S/C17H18BrN3O2S2/c1-13-2-7-17(24-13)25(22,23)21-10-8-20(9-11-21)16(12-19)14-3-5-15(18)6-4-14/h2-7,16H,8-11H2,1H3. The van der Waals surface area contributed by atoms with Crippen molar-refractivity contribution >= 4 is 37.3 Å². The summed E-state index contributed by atoms with van der Waals surface area (Å²) in [7, 11) is -3.43. The smallest absolute Gasteiger partial charge is 0.252 e. The summed E-state index contributed by atoms with van der Waals surface area (Å²) >= 11 is 4.70. The third-order valence-corrected chi connectivity index (χ3v) is 8.15. The third-order valence-electron chi connectivity index (χ3n) is 4.26. The first kappa shape index (κ1) is 18.5. The lowest BCUT2D eigenvalue weighted by atomic mass is 10.1. The second-order valence-corrected chi connectivity index (χ2v) is 10.3. The fourth-order valence-electron chi connectivity index (χ4n) is 2.89. The van der Waals surface area contributed by atoms with Gasteiger partial charge in [0.05, 0.1) is 6.07 Å². The van der Waals surface area contributed by atoms with Gasteiger partial charge in [-0.25, -0.2) is 8.42 Å². The van der Waals surface area contributed by atoms with Crippen LogP contribution in [0.5, 0.6) is 0 Å². The molecule has 0 radical (unpaired) electrons. The van der Waals surface area contributed by atoms with Crippen LogP contribution in [-0.2, 0) is 10.0 Å². The van der Waals surface area contributed by atoms with E-state index in [1.165, 1.54) is 15.6 Å². The van der Waals surface area contributed by atoms with Crippen molar-refractivity contribution in [2.75, 3.05) is 26.2 Å². The fourth-order valence-corrected chi connectivity index (χ4v) is 6.02. The van der Waals surface area contributed by atoms with E-state index in [0.29, 0.717) is 30.4 Å². The summed E-state index contributed by atoms with van der Waals surface area (Å²) in [6.07, 6.45) is 0. The van der Waals surface area contributed by atoms with Gasteiger partial charge in [0, 0.05) is 35.5 Å². The van der Waals surface area contributed by atoms with E-state index in [1.807, 2.05) is 42.2 Å².